The number of para-hydroxylation sites is 1. The molecule has 0 unspecified atom stereocenters. The number of fused-ring (bicyclic) bond motifs is 1. The Morgan fingerprint density at radius 2 is 2.09 bits per heavy atom. The van der Waals surface area contributed by atoms with E-state index >= 15 is 0 Å². The van der Waals surface area contributed by atoms with Crippen molar-refractivity contribution in [3.05, 3.63) is 42.0 Å². The van der Waals surface area contributed by atoms with Gasteiger partial charge < -0.3 is 15.1 Å². The smallest absolute Gasteiger partial charge is 0.212 e. The number of aromatic amines is 1. The summed E-state index contributed by atoms with van der Waals surface area (Å²) in [6.07, 6.45) is 3.98. The van der Waals surface area contributed by atoms with Gasteiger partial charge in [0.05, 0.1) is 11.7 Å². The zero-order chi connectivity index (χ0) is 15.7. The first kappa shape index (κ1) is 14.9. The number of oxazole rings is 1. The van der Waals surface area contributed by atoms with Crippen LogP contribution < -0.4 is 5.73 Å². The van der Waals surface area contributed by atoms with E-state index in [4.69, 9.17) is 10.2 Å². The molecule has 0 aliphatic heterocycles. The summed E-state index contributed by atoms with van der Waals surface area (Å²) in [6, 6.07) is 8.04. The van der Waals surface area contributed by atoms with E-state index in [1.54, 1.807) is 0 Å². The Morgan fingerprint density at radius 3 is 2.86 bits per heavy atom. The van der Waals surface area contributed by atoms with Crippen LogP contribution in [0.3, 0.4) is 0 Å². The number of nitrogens with two attached hydrogens (primary N) is 1. The summed E-state index contributed by atoms with van der Waals surface area (Å²) in [7, 11) is 0. The van der Waals surface area contributed by atoms with Crippen molar-refractivity contribution in [3.8, 4) is 11.3 Å². The lowest BCUT2D eigenvalue weighted by atomic mass is 10.00. The van der Waals surface area contributed by atoms with Crippen molar-refractivity contribution < 1.29 is 4.42 Å². The van der Waals surface area contributed by atoms with Crippen LogP contribution in [0.15, 0.2) is 34.9 Å². The highest BCUT2D eigenvalue weighted by Crippen LogP contribution is 2.33. The molecule has 0 fully saturated rings. The fraction of sp³-hybridized carbons (Fsp3) is 0.389. The van der Waals surface area contributed by atoms with Crippen LogP contribution in [-0.4, -0.2) is 9.97 Å². The third-order valence-corrected chi connectivity index (χ3v) is 4.32. The maximum absolute atomic E-state index is 6.26. The molecule has 22 heavy (non-hydrogen) atoms. The second-order valence-electron chi connectivity index (χ2n) is 6.07. The third-order valence-electron chi connectivity index (χ3n) is 4.32. The summed E-state index contributed by atoms with van der Waals surface area (Å²) in [4.78, 5) is 7.83. The van der Waals surface area contributed by atoms with E-state index in [0.717, 1.165) is 40.8 Å². The molecule has 0 bridgehead atoms. The Morgan fingerprint density at radius 1 is 1.32 bits per heavy atom. The highest BCUT2D eigenvalue weighted by Gasteiger charge is 2.20. The minimum absolute atomic E-state index is 0.146. The quantitative estimate of drug-likeness (QED) is 0.725. The van der Waals surface area contributed by atoms with Gasteiger partial charge in [0.1, 0.15) is 0 Å². The topological polar surface area (TPSA) is 67.8 Å². The van der Waals surface area contributed by atoms with Crippen molar-refractivity contribution in [2.75, 3.05) is 0 Å². The van der Waals surface area contributed by atoms with Gasteiger partial charge in [-0.2, -0.15) is 0 Å². The third kappa shape index (κ3) is 2.66. The molecule has 1 aromatic carbocycles. The zero-order valence-corrected chi connectivity index (χ0v) is 13.4. The average Bonchev–Trinajstić information content (AvgIpc) is 3.10. The number of H-pyrrole nitrogens is 1. The summed E-state index contributed by atoms with van der Waals surface area (Å²) in [6.45, 7) is 6.35. The number of nitrogens with zero attached hydrogens (tertiary/aromatic N) is 1. The number of hydrogen-bond donors (Lipinski definition) is 2. The molecule has 2 aromatic heterocycles. The first-order chi connectivity index (χ1) is 10.6. The molecule has 0 aliphatic carbocycles. The predicted octanol–water partition coefficient (Wildman–Crippen LogP) is 4.57. The van der Waals surface area contributed by atoms with E-state index in [1.165, 1.54) is 0 Å². The largest absolute Gasteiger partial charge is 0.439 e. The molecule has 0 saturated carbocycles. The van der Waals surface area contributed by atoms with Gasteiger partial charge in [-0.3, -0.25) is 0 Å². The zero-order valence-electron chi connectivity index (χ0n) is 13.4. The monoisotopic (exact) mass is 297 g/mol. The fourth-order valence-corrected chi connectivity index (χ4v) is 2.79. The van der Waals surface area contributed by atoms with Crippen molar-refractivity contribution >= 4 is 10.9 Å². The summed E-state index contributed by atoms with van der Waals surface area (Å²) in [5, 5.41) is 1.14. The van der Waals surface area contributed by atoms with Gasteiger partial charge in [-0.1, -0.05) is 38.5 Å². The minimum Gasteiger partial charge on any atom is -0.439 e. The standard InChI is InChI=1S/C18H23N3O/c1-4-11(2)9-15(19)18-21-12(3)17(22-18)14-10-20-16-8-6-5-7-13(14)16/h5-8,10-11,15,20H,4,9,19H2,1-3H3/t11-,15+/m1/s1. The lowest BCUT2D eigenvalue weighted by Gasteiger charge is -2.12. The molecule has 2 atom stereocenters. The summed E-state index contributed by atoms with van der Waals surface area (Å²) in [5.41, 5.74) is 9.28. The van der Waals surface area contributed by atoms with E-state index in [9.17, 15) is 0 Å². The van der Waals surface area contributed by atoms with Crippen molar-refractivity contribution in [3.63, 3.8) is 0 Å². The molecule has 0 amide bonds. The number of benzene rings is 1. The van der Waals surface area contributed by atoms with Gasteiger partial charge in [-0.25, -0.2) is 4.98 Å². The maximum Gasteiger partial charge on any atom is 0.212 e. The first-order valence-corrected chi connectivity index (χ1v) is 7.89. The molecule has 0 aliphatic rings. The Labute approximate surface area is 130 Å². The summed E-state index contributed by atoms with van der Waals surface area (Å²) < 4.78 is 6.02. The molecular weight excluding hydrogens is 274 g/mol. The first-order valence-electron chi connectivity index (χ1n) is 7.89. The average molecular weight is 297 g/mol. The van der Waals surface area contributed by atoms with Crippen molar-refractivity contribution in [2.45, 2.75) is 39.7 Å². The van der Waals surface area contributed by atoms with E-state index < -0.39 is 0 Å². The molecule has 116 valence electrons. The van der Waals surface area contributed by atoms with Gasteiger partial charge in [0.25, 0.3) is 0 Å². The van der Waals surface area contributed by atoms with Gasteiger partial charge in [0, 0.05) is 22.7 Å². The van der Waals surface area contributed by atoms with Gasteiger partial charge in [0.2, 0.25) is 5.89 Å². The second kappa shape index (κ2) is 5.97. The van der Waals surface area contributed by atoms with E-state index in [2.05, 4.69) is 35.9 Å². The molecule has 0 spiro atoms. The van der Waals surface area contributed by atoms with Gasteiger partial charge >= 0.3 is 0 Å². The minimum atomic E-state index is -0.146. The summed E-state index contributed by atoms with van der Waals surface area (Å²) >= 11 is 0. The molecule has 3 N–H and O–H groups in total. The van der Waals surface area contributed by atoms with Crippen LogP contribution in [0.1, 0.15) is 44.3 Å². The Bertz CT molecular complexity index is 772. The van der Waals surface area contributed by atoms with Crippen molar-refractivity contribution in [1.29, 1.82) is 0 Å². The molecule has 0 saturated heterocycles. The molecule has 4 nitrogen and oxygen atoms in total. The molecule has 2 heterocycles. The van der Waals surface area contributed by atoms with Crippen molar-refractivity contribution in [1.82, 2.24) is 9.97 Å². The lowest BCUT2D eigenvalue weighted by molar-refractivity contribution is 0.390. The Kier molecular flexibility index (Phi) is 4.03. The van der Waals surface area contributed by atoms with Gasteiger partial charge in [0.15, 0.2) is 5.76 Å². The van der Waals surface area contributed by atoms with Crippen LogP contribution in [0.5, 0.6) is 0 Å². The van der Waals surface area contributed by atoms with Crippen LogP contribution in [-0.2, 0) is 0 Å². The molecular formula is C18H23N3O. The van der Waals surface area contributed by atoms with Crippen LogP contribution in [0.2, 0.25) is 0 Å². The van der Waals surface area contributed by atoms with E-state index in [1.807, 2.05) is 25.3 Å². The number of nitrogens with one attached hydrogen (secondary N) is 1. The fourth-order valence-electron chi connectivity index (χ4n) is 2.79. The number of hydrogen-bond acceptors (Lipinski definition) is 3. The number of aryl methyl sites for hydroxylation is 1. The molecule has 3 rings (SSSR count). The van der Waals surface area contributed by atoms with Crippen molar-refractivity contribution in [2.24, 2.45) is 11.7 Å². The number of rotatable bonds is 5. The van der Waals surface area contributed by atoms with Crippen LogP contribution in [0, 0.1) is 12.8 Å². The lowest BCUT2D eigenvalue weighted by Crippen LogP contribution is -2.14. The molecule has 0 radical (unpaired) electrons. The highest BCUT2D eigenvalue weighted by molar-refractivity contribution is 5.94. The Hall–Kier alpha value is -2.07. The number of aromatic nitrogens is 2. The molecule has 4 heteroatoms. The van der Waals surface area contributed by atoms with E-state index in [-0.39, 0.29) is 6.04 Å². The predicted molar refractivity (Wildman–Crippen MR) is 89.5 cm³/mol. The summed E-state index contributed by atoms with van der Waals surface area (Å²) in [5.74, 6) is 2.02. The Balaban J connectivity index is 1.96. The normalized spacial score (nSPS) is 14.4. The van der Waals surface area contributed by atoms with E-state index in [0.29, 0.717) is 11.8 Å². The maximum atomic E-state index is 6.26. The SMILES string of the molecule is CC[C@@H](C)C[C@H](N)c1nc(C)c(-c2c[nH]c3ccccc23)o1. The van der Waals surface area contributed by atoms with Crippen LogP contribution in [0.4, 0.5) is 0 Å². The van der Waals surface area contributed by atoms with Crippen LogP contribution >= 0.6 is 0 Å². The van der Waals surface area contributed by atoms with Gasteiger partial charge in [-0.15, -0.1) is 0 Å². The van der Waals surface area contributed by atoms with Gasteiger partial charge in [-0.05, 0) is 25.3 Å². The molecule has 3 aromatic rings. The van der Waals surface area contributed by atoms with Crippen LogP contribution in [0.25, 0.3) is 22.2 Å². The second-order valence-corrected chi connectivity index (χ2v) is 6.07. The highest BCUT2D eigenvalue weighted by atomic mass is 16.4.